The van der Waals surface area contributed by atoms with Gasteiger partial charge in [-0.15, -0.1) is 22.7 Å². The average Bonchev–Trinajstić information content (AvgIpc) is 1.73. The van der Waals surface area contributed by atoms with Crippen molar-refractivity contribution in [1.82, 2.24) is 0 Å². The molecule has 0 radical (unpaired) electrons. The lowest BCUT2D eigenvalue weighted by atomic mass is 9.93. The number of thiophene rings is 2. The van der Waals surface area contributed by atoms with Crippen molar-refractivity contribution in [3.8, 4) is 89.0 Å². The zero-order valence-corrected chi connectivity index (χ0v) is 71.8. The Morgan fingerprint density at radius 3 is 1.11 bits per heavy atom. The first kappa shape index (κ1) is 70.8. The highest BCUT2D eigenvalue weighted by atomic mass is 32.1. The van der Waals surface area contributed by atoms with Gasteiger partial charge in [0, 0.05) is 112 Å². The van der Waals surface area contributed by atoms with E-state index in [-0.39, 0.29) is 29.7 Å². The van der Waals surface area contributed by atoms with Crippen molar-refractivity contribution in [3.05, 3.63) is 473 Å². The van der Waals surface area contributed by atoms with Gasteiger partial charge in [0.05, 0.1) is 6.85 Å². The highest BCUT2D eigenvalue weighted by Gasteiger charge is 2.23. The van der Waals surface area contributed by atoms with Gasteiger partial charge in [-0.3, -0.25) is 0 Å². The van der Waals surface area contributed by atoms with Crippen molar-refractivity contribution < 1.29 is 15.7 Å². The Morgan fingerprint density at radius 2 is 0.531 bits per heavy atom. The molecule has 0 aliphatic heterocycles. The first-order valence-electron chi connectivity index (χ1n) is 46.4. The minimum atomic E-state index is -0.410. The van der Waals surface area contributed by atoms with E-state index in [1.165, 1.54) is 106 Å². The molecule has 26 aromatic rings. The summed E-state index contributed by atoms with van der Waals surface area (Å²) in [4.78, 5) is 4.54. The van der Waals surface area contributed by atoms with Crippen LogP contribution in [0, 0.1) is 0 Å². The number of hydrogen-bond acceptors (Lipinski definition) is 6. The molecule has 0 unspecified atom stereocenters. The summed E-state index contributed by atoms with van der Waals surface area (Å²) in [6.45, 7) is 0. The van der Waals surface area contributed by atoms with Crippen molar-refractivity contribution in [1.29, 1.82) is 0 Å². The first-order valence-corrected chi connectivity index (χ1v) is 45.5. The van der Waals surface area contributed by atoms with E-state index in [0.29, 0.717) is 5.56 Å². The molecule has 0 N–H and O–H groups in total. The van der Waals surface area contributed by atoms with Crippen LogP contribution in [0.1, 0.15) is 6.85 Å². The van der Waals surface area contributed by atoms with Crippen LogP contribution in [0.3, 0.4) is 0 Å². The van der Waals surface area contributed by atoms with Gasteiger partial charge in [0.1, 0.15) is 22.3 Å². The highest BCUT2D eigenvalue weighted by molar-refractivity contribution is 7.27. The van der Waals surface area contributed by atoms with Crippen LogP contribution in [0.5, 0.6) is 0 Å². The summed E-state index contributed by atoms with van der Waals surface area (Å²) in [6, 6.07) is 156. The molecule has 0 saturated carbocycles. The van der Waals surface area contributed by atoms with Crippen LogP contribution in [-0.2, 0) is 0 Å². The molecule has 0 atom stereocenters. The molecule has 0 saturated heterocycles. The maximum Gasteiger partial charge on any atom is 0.143 e. The number of fused-ring (bicyclic) bond motifs is 20. The maximum atomic E-state index is 8.67. The zero-order valence-electron chi connectivity index (χ0n) is 75.2. The van der Waals surface area contributed by atoms with Crippen molar-refractivity contribution >= 4 is 184 Å². The van der Waals surface area contributed by atoms with E-state index in [9.17, 15) is 0 Å². The van der Waals surface area contributed by atoms with E-state index in [2.05, 4.69) is 410 Å². The lowest BCUT2D eigenvalue weighted by Crippen LogP contribution is -2.09. The fourth-order valence-electron chi connectivity index (χ4n) is 19.4. The Labute approximate surface area is 766 Å². The fraction of sp³-hybridized carbons (Fsp3) is 0. The number of anilines is 6. The Bertz CT molecular complexity index is 9200. The number of nitrogens with zero attached hydrogens (tertiary/aromatic N) is 2. The fourth-order valence-corrected chi connectivity index (χ4v) is 22.0. The summed E-state index contributed by atoms with van der Waals surface area (Å²) >= 11 is 3.77. The molecule has 0 aliphatic carbocycles. The van der Waals surface area contributed by atoms with E-state index >= 15 is 0 Å². The highest BCUT2D eigenvalue weighted by Crippen LogP contribution is 2.50. The second-order valence-electron chi connectivity index (χ2n) is 33.3. The summed E-state index contributed by atoms with van der Waals surface area (Å²) in [7, 11) is 0. The molecule has 0 fully saturated rings. The number of benzene rings is 22. The Morgan fingerprint density at radius 1 is 0.185 bits per heavy atom. The molecule has 0 bridgehead atoms. The van der Waals surface area contributed by atoms with Crippen LogP contribution in [-0.4, -0.2) is 0 Å². The smallest absolute Gasteiger partial charge is 0.143 e. The quantitative estimate of drug-likeness (QED) is 0.109. The van der Waals surface area contributed by atoms with Crippen molar-refractivity contribution in [3.63, 3.8) is 0 Å². The monoisotopic (exact) mass is 1700 g/mol. The topological polar surface area (TPSA) is 32.8 Å². The lowest BCUT2D eigenvalue weighted by Gasteiger charge is -2.26. The summed E-state index contributed by atoms with van der Waals surface area (Å²) in [6.07, 6.45) is 0. The van der Waals surface area contributed by atoms with Crippen molar-refractivity contribution in [2.45, 2.75) is 0 Å². The first-order chi connectivity index (χ1) is 66.5. The van der Waals surface area contributed by atoms with Gasteiger partial charge >= 0.3 is 0 Å². The van der Waals surface area contributed by atoms with Crippen LogP contribution in [0.2, 0.25) is 0 Å². The summed E-state index contributed by atoms with van der Waals surface area (Å²) in [5.74, 6) is 0. The maximum absolute atomic E-state index is 8.67. The number of para-hydroxylation sites is 1. The second-order valence-corrected chi connectivity index (χ2v) is 35.4. The average molecular weight is 1700 g/mol. The van der Waals surface area contributed by atoms with Gasteiger partial charge in [-0.1, -0.05) is 334 Å². The number of rotatable bonds is 14. The summed E-state index contributed by atoms with van der Waals surface area (Å²) < 4.78 is 60.0. The van der Waals surface area contributed by atoms with Gasteiger partial charge < -0.3 is 18.6 Å². The van der Waals surface area contributed by atoms with Crippen LogP contribution in [0.25, 0.3) is 216 Å². The van der Waals surface area contributed by atoms with Gasteiger partial charge in [0.15, 0.2) is 0 Å². The molecular formula is C124H78N2O2S2. The normalized spacial score (nSPS) is 12.2. The Balaban J connectivity index is 0.000000149. The SMILES string of the molecule is [2H]c1c([2H])c([2H])c(-c2ccc(N(c3ccc(-c4cccc(-c5ccc6oc7ccccc7c6c5)c4)cc3)c3ccc(-c4cccc(-c5cc6c7ccc8ccccc8c7sc6c6ccccc56)c4)cc3)cc2)c([2H])c1[2H].c1ccc(-c2ccc(N(c3ccc(-c4ccc5oc6c7ccccc7ccc6c5c4)cc3)c3ccc(-c4cc5c6ccccc6sc5c5ccccc45)cc3)cc2)cc1. The van der Waals surface area contributed by atoms with Crippen LogP contribution in [0.15, 0.2) is 482 Å². The minimum absolute atomic E-state index is 0.172. The van der Waals surface area contributed by atoms with Gasteiger partial charge in [0.25, 0.3) is 0 Å². The lowest BCUT2D eigenvalue weighted by molar-refractivity contribution is 0.669. The molecule has 608 valence electrons. The largest absolute Gasteiger partial charge is 0.456 e. The third kappa shape index (κ3) is 13.5. The Kier molecular flexibility index (Phi) is 17.4. The molecular weight excluding hydrogens is 1610 g/mol. The van der Waals surface area contributed by atoms with Gasteiger partial charge in [-0.05, 0) is 255 Å². The van der Waals surface area contributed by atoms with Crippen molar-refractivity contribution in [2.75, 3.05) is 9.80 Å². The van der Waals surface area contributed by atoms with Crippen LogP contribution < -0.4 is 9.80 Å². The molecule has 4 heterocycles. The van der Waals surface area contributed by atoms with E-state index in [4.69, 9.17) is 15.7 Å². The minimum Gasteiger partial charge on any atom is -0.456 e. The molecule has 0 aliphatic rings. The molecule has 26 rings (SSSR count). The summed E-state index contributed by atoms with van der Waals surface area (Å²) in [5, 5.41) is 19.6. The van der Waals surface area contributed by atoms with E-state index in [0.717, 1.165) is 133 Å². The van der Waals surface area contributed by atoms with Crippen LogP contribution in [0.4, 0.5) is 34.1 Å². The van der Waals surface area contributed by atoms with Gasteiger partial charge in [0.2, 0.25) is 0 Å². The van der Waals surface area contributed by atoms with Crippen LogP contribution >= 0.6 is 22.7 Å². The molecule has 22 aromatic carbocycles. The second kappa shape index (κ2) is 31.9. The molecule has 6 heteroatoms. The third-order valence-electron chi connectivity index (χ3n) is 25.8. The molecule has 4 aromatic heterocycles. The van der Waals surface area contributed by atoms with Gasteiger partial charge in [-0.2, -0.15) is 0 Å². The Hall–Kier alpha value is -16.5. The molecule has 0 amide bonds. The summed E-state index contributed by atoms with van der Waals surface area (Å²) in [5.41, 5.74) is 26.4. The molecule has 0 spiro atoms. The van der Waals surface area contributed by atoms with E-state index < -0.39 is 6.04 Å². The van der Waals surface area contributed by atoms with E-state index in [1.54, 1.807) is 0 Å². The standard InChI is InChI=1S/C68H43NOS.C56H35NOS/c1-2-12-44(13-3-1)45-24-32-54(33-25-45)69(55-34-26-46(27-35-55)49-15-10-17-51(40-49)52-31-39-66-63(42-52)59-21-8-9-23-65(59)70-66)56-36-28-47(29-37-56)50-16-11-18-53(41-50)62-43-64-61-38-30-48-14-4-5-19-57(48)67(61)71-68(64)60-22-7-6-20-58(60)62;1-2-10-36(11-3-1)37-18-26-42(27-19-37)57(43-28-20-38(21-29-43)41-25-33-53-51(34-41)48-32-24-39-12-4-5-13-45(39)55(48)58-53)44-30-22-40(23-31-44)50-35-52-47-15-8-9-17-54(47)59-56(52)49-16-7-6-14-46(49)50/h1-43H;1-35H/i1D,2D,3D,12D,13D;. The van der Waals surface area contributed by atoms with Crippen molar-refractivity contribution in [2.24, 2.45) is 0 Å². The number of furan rings is 2. The zero-order chi connectivity index (χ0) is 90.0. The molecule has 130 heavy (non-hydrogen) atoms. The third-order valence-corrected chi connectivity index (χ3v) is 28.3. The van der Waals surface area contributed by atoms with Gasteiger partial charge in [-0.25, -0.2) is 0 Å². The van der Waals surface area contributed by atoms with E-state index in [1.807, 2.05) is 65.1 Å². The predicted octanol–water partition coefficient (Wildman–Crippen LogP) is 36.8. The number of hydrogen-bond donors (Lipinski definition) is 0. The predicted molar refractivity (Wildman–Crippen MR) is 556 cm³/mol. The molecule has 4 nitrogen and oxygen atoms in total.